The van der Waals surface area contributed by atoms with E-state index in [0.29, 0.717) is 22.7 Å². The molecule has 1 heterocycles. The number of amides is 1. The van der Waals surface area contributed by atoms with Crippen molar-refractivity contribution in [2.45, 2.75) is 19.1 Å². The standard InChI is InChI=1S/C28H27ClN4O6/c1-38-24(14-15-30-25(35)22-8-3-4-9-23(22)34)19-6-5-7-21(16-19)33-28(37)32(27(36)26(31-33)39-2)17-18-10-12-20(29)13-11-18/h3-13,16,24,34H,14-15,17H2,1-2H3,(H,30,35). The highest BCUT2D eigenvalue weighted by molar-refractivity contribution is 6.30. The number of hydrogen-bond donors (Lipinski definition) is 2. The maximum atomic E-state index is 13.4. The second-order valence-corrected chi connectivity index (χ2v) is 9.04. The summed E-state index contributed by atoms with van der Waals surface area (Å²) in [6, 6.07) is 20.1. The highest BCUT2D eigenvalue weighted by Gasteiger charge is 2.18. The molecule has 10 nitrogen and oxygen atoms in total. The fourth-order valence-corrected chi connectivity index (χ4v) is 4.18. The third kappa shape index (κ3) is 6.36. The first-order valence-corrected chi connectivity index (χ1v) is 12.4. The van der Waals surface area contributed by atoms with Gasteiger partial charge in [-0.3, -0.25) is 9.59 Å². The van der Waals surface area contributed by atoms with Crippen LogP contribution < -0.4 is 21.3 Å². The molecule has 2 N–H and O–H groups in total. The van der Waals surface area contributed by atoms with E-state index >= 15 is 0 Å². The van der Waals surface area contributed by atoms with Crippen molar-refractivity contribution in [3.05, 3.63) is 115 Å². The summed E-state index contributed by atoms with van der Waals surface area (Å²) in [6.07, 6.45) is -0.00624. The topological polar surface area (TPSA) is 125 Å². The summed E-state index contributed by atoms with van der Waals surface area (Å²) < 4.78 is 13.0. The summed E-state index contributed by atoms with van der Waals surface area (Å²) in [4.78, 5) is 38.6. The molecule has 1 atom stereocenters. The number of aromatic hydroxyl groups is 1. The Morgan fingerprint density at radius 1 is 1.05 bits per heavy atom. The molecule has 11 heteroatoms. The number of ether oxygens (including phenoxy) is 2. The van der Waals surface area contributed by atoms with Crippen LogP contribution in [0.2, 0.25) is 5.02 Å². The quantitative estimate of drug-likeness (QED) is 0.310. The number of nitrogens with one attached hydrogen (secondary N) is 1. The molecule has 0 saturated heterocycles. The lowest BCUT2D eigenvalue weighted by Crippen LogP contribution is -2.41. The van der Waals surface area contributed by atoms with E-state index in [1.54, 1.807) is 61.7 Å². The molecule has 202 valence electrons. The Hall–Kier alpha value is -4.41. The van der Waals surface area contributed by atoms with Crippen molar-refractivity contribution >= 4 is 17.5 Å². The number of nitrogens with zero attached hydrogens (tertiary/aromatic N) is 3. The van der Waals surface area contributed by atoms with Gasteiger partial charge in [0, 0.05) is 18.7 Å². The summed E-state index contributed by atoms with van der Waals surface area (Å²) in [6.45, 7) is 0.276. The van der Waals surface area contributed by atoms with Gasteiger partial charge in [-0.15, -0.1) is 5.10 Å². The van der Waals surface area contributed by atoms with E-state index in [-0.39, 0.29) is 30.3 Å². The molecule has 0 aliphatic rings. The van der Waals surface area contributed by atoms with E-state index in [2.05, 4.69) is 10.4 Å². The number of phenolic OH excluding ortho intramolecular Hbond substituents is 1. The number of rotatable bonds is 10. The van der Waals surface area contributed by atoms with Crippen LogP contribution in [-0.2, 0) is 11.3 Å². The van der Waals surface area contributed by atoms with Crippen molar-refractivity contribution in [1.29, 1.82) is 0 Å². The lowest BCUT2D eigenvalue weighted by molar-refractivity contribution is 0.0871. The second-order valence-electron chi connectivity index (χ2n) is 8.60. The summed E-state index contributed by atoms with van der Waals surface area (Å²) in [5.41, 5.74) is 0.728. The smallest absolute Gasteiger partial charge is 0.352 e. The van der Waals surface area contributed by atoms with Gasteiger partial charge in [0.1, 0.15) is 5.75 Å². The number of para-hydroxylation sites is 1. The number of carbonyl (C=O) groups excluding carboxylic acids is 1. The minimum atomic E-state index is -0.653. The van der Waals surface area contributed by atoms with Crippen LogP contribution >= 0.6 is 11.6 Å². The number of carbonyl (C=O) groups is 1. The van der Waals surface area contributed by atoms with Crippen LogP contribution in [0.5, 0.6) is 11.6 Å². The van der Waals surface area contributed by atoms with Crippen LogP contribution in [0.1, 0.15) is 34.0 Å². The van der Waals surface area contributed by atoms with E-state index in [1.807, 2.05) is 6.07 Å². The van der Waals surface area contributed by atoms with Crippen LogP contribution in [0.3, 0.4) is 0 Å². The fourth-order valence-electron chi connectivity index (χ4n) is 4.06. The molecule has 0 aliphatic heterocycles. The molecule has 0 bridgehead atoms. The average molecular weight is 551 g/mol. The third-order valence-electron chi connectivity index (χ3n) is 6.09. The van der Waals surface area contributed by atoms with Gasteiger partial charge in [-0.05, 0) is 53.9 Å². The van der Waals surface area contributed by atoms with Gasteiger partial charge in [-0.25, -0.2) is 9.36 Å². The second kappa shape index (κ2) is 12.4. The highest BCUT2D eigenvalue weighted by Crippen LogP contribution is 2.23. The van der Waals surface area contributed by atoms with Gasteiger partial charge in [-0.2, -0.15) is 4.68 Å². The molecule has 0 saturated carbocycles. The molecule has 1 amide bonds. The van der Waals surface area contributed by atoms with Crippen molar-refractivity contribution in [2.24, 2.45) is 0 Å². The zero-order valence-electron chi connectivity index (χ0n) is 21.3. The van der Waals surface area contributed by atoms with Crippen LogP contribution in [0, 0.1) is 0 Å². The number of hydrogen-bond acceptors (Lipinski definition) is 7. The summed E-state index contributed by atoms with van der Waals surface area (Å²) in [5.74, 6) is -0.733. The van der Waals surface area contributed by atoms with Crippen molar-refractivity contribution in [3.63, 3.8) is 0 Å². The van der Waals surface area contributed by atoms with Crippen molar-refractivity contribution in [2.75, 3.05) is 20.8 Å². The maximum Gasteiger partial charge on any atom is 0.352 e. The molecule has 1 aromatic heterocycles. The largest absolute Gasteiger partial charge is 0.507 e. The Morgan fingerprint density at radius 3 is 2.49 bits per heavy atom. The van der Waals surface area contributed by atoms with Crippen LogP contribution in [0.25, 0.3) is 5.69 Å². The molecule has 3 aromatic carbocycles. The first-order chi connectivity index (χ1) is 18.8. The van der Waals surface area contributed by atoms with Crippen molar-refractivity contribution in [1.82, 2.24) is 19.7 Å². The summed E-state index contributed by atoms with van der Waals surface area (Å²) in [7, 11) is 2.86. The van der Waals surface area contributed by atoms with Gasteiger partial charge in [0.05, 0.1) is 31.0 Å². The minimum Gasteiger partial charge on any atom is -0.507 e. The SMILES string of the molecule is COc1nn(-c2cccc(C(CCNC(=O)c3ccccc3O)OC)c2)c(=O)n(Cc2ccc(Cl)cc2)c1=O. The molecule has 1 unspecified atom stereocenters. The number of methoxy groups -OCH3 is 2. The first-order valence-electron chi connectivity index (χ1n) is 12.0. The summed E-state index contributed by atoms with van der Waals surface area (Å²) in [5, 5.41) is 17.3. The van der Waals surface area contributed by atoms with Crippen LogP contribution in [-0.4, -0.2) is 46.1 Å². The lowest BCUT2D eigenvalue weighted by atomic mass is 10.1. The molecule has 0 spiro atoms. The lowest BCUT2D eigenvalue weighted by Gasteiger charge is -2.18. The Kier molecular flexibility index (Phi) is 8.80. The predicted molar refractivity (Wildman–Crippen MR) is 146 cm³/mol. The predicted octanol–water partition coefficient (Wildman–Crippen LogP) is 3.32. The zero-order valence-corrected chi connectivity index (χ0v) is 22.1. The van der Waals surface area contributed by atoms with Gasteiger partial charge in [0.25, 0.3) is 11.8 Å². The van der Waals surface area contributed by atoms with Crippen molar-refractivity contribution in [3.8, 4) is 17.3 Å². The molecular formula is C28H27ClN4O6. The van der Waals surface area contributed by atoms with Gasteiger partial charge in [-0.1, -0.05) is 48.0 Å². The first kappa shape index (κ1) is 27.6. The molecule has 0 fully saturated rings. The number of aromatic nitrogens is 3. The van der Waals surface area contributed by atoms with E-state index in [0.717, 1.165) is 14.8 Å². The number of benzene rings is 3. The zero-order chi connectivity index (χ0) is 27.9. The fraction of sp³-hybridized carbons (Fsp3) is 0.214. The summed E-state index contributed by atoms with van der Waals surface area (Å²) >= 11 is 5.96. The van der Waals surface area contributed by atoms with Gasteiger partial charge < -0.3 is 19.9 Å². The minimum absolute atomic E-state index is 0.00473. The van der Waals surface area contributed by atoms with Gasteiger partial charge in [0.15, 0.2) is 0 Å². The average Bonchev–Trinajstić information content (AvgIpc) is 2.95. The van der Waals surface area contributed by atoms with E-state index in [1.165, 1.54) is 19.2 Å². The highest BCUT2D eigenvalue weighted by atomic mass is 35.5. The van der Waals surface area contributed by atoms with E-state index in [4.69, 9.17) is 21.1 Å². The van der Waals surface area contributed by atoms with E-state index < -0.39 is 23.3 Å². The number of phenols is 1. The van der Waals surface area contributed by atoms with Gasteiger partial charge in [0.2, 0.25) is 0 Å². The van der Waals surface area contributed by atoms with Crippen LogP contribution in [0.4, 0.5) is 0 Å². The molecule has 0 radical (unpaired) electrons. The van der Waals surface area contributed by atoms with Gasteiger partial charge >= 0.3 is 11.2 Å². The van der Waals surface area contributed by atoms with E-state index in [9.17, 15) is 19.5 Å². The Balaban J connectivity index is 1.58. The molecule has 4 rings (SSSR count). The Bertz CT molecular complexity index is 1580. The molecule has 0 aliphatic carbocycles. The Morgan fingerprint density at radius 2 is 1.79 bits per heavy atom. The number of halogens is 1. The third-order valence-corrected chi connectivity index (χ3v) is 6.34. The molecule has 4 aromatic rings. The van der Waals surface area contributed by atoms with Crippen LogP contribution in [0.15, 0.2) is 82.4 Å². The molecule has 39 heavy (non-hydrogen) atoms. The van der Waals surface area contributed by atoms with Crippen molar-refractivity contribution < 1.29 is 19.4 Å². The maximum absolute atomic E-state index is 13.4. The Labute approximate surface area is 229 Å². The molecular weight excluding hydrogens is 524 g/mol. The normalized spacial score (nSPS) is 11.7. The monoisotopic (exact) mass is 550 g/mol.